The quantitative estimate of drug-likeness (QED) is 0.395. The topological polar surface area (TPSA) is 157 Å². The monoisotopic (exact) mass is 606 g/mol. The summed E-state index contributed by atoms with van der Waals surface area (Å²) in [4.78, 5) is 37.4. The largest absolute Gasteiger partial charge is 0.634 e. The van der Waals surface area contributed by atoms with Gasteiger partial charge in [0.1, 0.15) is 11.6 Å². The maximum atomic E-state index is 13.7. The van der Waals surface area contributed by atoms with Gasteiger partial charge in [0.05, 0.1) is 31.0 Å². The molecule has 41 heavy (non-hydrogen) atoms. The van der Waals surface area contributed by atoms with E-state index in [2.05, 4.69) is 9.97 Å². The summed E-state index contributed by atoms with van der Waals surface area (Å²) in [7, 11) is -3.98. The highest BCUT2D eigenvalue weighted by atomic mass is 35.5. The first kappa shape index (κ1) is 28.1. The number of hydrogen-bond acceptors (Lipinski definition) is 8. The number of halogens is 1. The second-order valence-electron chi connectivity index (χ2n) is 10.7. The third-order valence-electron chi connectivity index (χ3n) is 8.00. The van der Waals surface area contributed by atoms with Crippen molar-refractivity contribution in [3.8, 4) is 0 Å². The Bertz CT molecular complexity index is 1560. The van der Waals surface area contributed by atoms with Gasteiger partial charge < -0.3 is 34.2 Å². The standard InChI is InChI=1S/C26H31ClN6O7S/c1-16-10-21-22(15-33(16)36)40-25(29-21)26(35)32-5-4-31(14-19(32)13-24(34)30-6-8-39-9-7-30)41(37,38)23-12-17-11-18(27)2-3-20(17)28-23/h2-3,11-12,16,19,28,33H,4-10,13-15H2,1H3. The molecule has 2 saturated heterocycles. The number of fused-ring (bicyclic) bond motifs is 2. The number of piperazine rings is 1. The lowest BCUT2D eigenvalue weighted by atomic mass is 10.1. The van der Waals surface area contributed by atoms with Gasteiger partial charge in [-0.1, -0.05) is 11.6 Å². The SMILES string of the molecule is CC1Cc2nc(C(=O)N3CCN(S(=O)(=O)c4cc5cc(Cl)ccc5[nH]4)CC3CC(=O)N3CCOCC3)oc2C[NH+]1[O-]. The number of aromatic amines is 1. The molecule has 3 aromatic rings. The third-order valence-corrected chi connectivity index (χ3v) is 10.0. The molecule has 1 aromatic carbocycles. The van der Waals surface area contributed by atoms with Crippen molar-refractivity contribution in [2.24, 2.45) is 0 Å². The highest BCUT2D eigenvalue weighted by Crippen LogP contribution is 2.28. The van der Waals surface area contributed by atoms with Crippen LogP contribution >= 0.6 is 11.6 Å². The number of sulfonamides is 1. The maximum Gasteiger partial charge on any atom is 0.310 e. The molecule has 220 valence electrons. The summed E-state index contributed by atoms with van der Waals surface area (Å²) in [6.45, 7) is 3.56. The molecule has 3 aliphatic heterocycles. The lowest BCUT2D eigenvalue weighted by Gasteiger charge is -2.40. The summed E-state index contributed by atoms with van der Waals surface area (Å²) < 4.78 is 39.8. The van der Waals surface area contributed by atoms with Gasteiger partial charge in [0.15, 0.2) is 5.76 Å². The van der Waals surface area contributed by atoms with Crippen molar-refractivity contribution in [2.75, 3.05) is 45.9 Å². The van der Waals surface area contributed by atoms with Crippen molar-refractivity contribution in [3.63, 3.8) is 0 Å². The van der Waals surface area contributed by atoms with Crippen LogP contribution in [0.15, 0.2) is 33.7 Å². The van der Waals surface area contributed by atoms with Crippen LogP contribution < -0.4 is 5.06 Å². The van der Waals surface area contributed by atoms with Crippen LogP contribution in [0.4, 0.5) is 0 Å². The molecule has 2 aromatic heterocycles. The van der Waals surface area contributed by atoms with Gasteiger partial charge in [0.25, 0.3) is 15.9 Å². The number of ether oxygens (including phenoxy) is 1. The zero-order valence-electron chi connectivity index (χ0n) is 22.5. The second kappa shape index (κ2) is 11.0. The van der Waals surface area contributed by atoms with Crippen LogP contribution in [0.2, 0.25) is 5.02 Å². The number of hydrogen-bond donors (Lipinski definition) is 2. The molecule has 0 spiro atoms. The zero-order valence-corrected chi connectivity index (χ0v) is 24.0. The fourth-order valence-electron chi connectivity index (χ4n) is 5.62. The van der Waals surface area contributed by atoms with Gasteiger partial charge >= 0.3 is 5.91 Å². The molecule has 13 nitrogen and oxygen atoms in total. The van der Waals surface area contributed by atoms with Crippen LogP contribution in [0, 0.1) is 5.21 Å². The summed E-state index contributed by atoms with van der Waals surface area (Å²) in [5.41, 5.74) is 1.21. The maximum absolute atomic E-state index is 13.7. The molecule has 0 saturated carbocycles. The Morgan fingerprint density at radius 3 is 2.76 bits per heavy atom. The summed E-state index contributed by atoms with van der Waals surface area (Å²) in [5.74, 6) is -0.486. The normalized spacial score (nSPS) is 24.0. The number of rotatable bonds is 5. The molecule has 3 atom stereocenters. The van der Waals surface area contributed by atoms with Crippen molar-refractivity contribution < 1.29 is 32.2 Å². The van der Waals surface area contributed by atoms with E-state index in [1.807, 2.05) is 6.92 Å². The van der Waals surface area contributed by atoms with E-state index in [0.717, 1.165) is 0 Å². The van der Waals surface area contributed by atoms with E-state index in [0.29, 0.717) is 60.1 Å². The lowest BCUT2D eigenvalue weighted by Crippen LogP contribution is -3.10. The van der Waals surface area contributed by atoms with Crippen LogP contribution in [-0.2, 0) is 32.5 Å². The predicted octanol–water partition coefficient (Wildman–Crippen LogP) is 0.401. The van der Waals surface area contributed by atoms with E-state index in [-0.39, 0.29) is 60.5 Å². The predicted molar refractivity (Wildman–Crippen MR) is 147 cm³/mol. The fraction of sp³-hybridized carbons (Fsp3) is 0.500. The summed E-state index contributed by atoms with van der Waals surface area (Å²) >= 11 is 6.08. The number of H-pyrrole nitrogens is 1. The molecule has 15 heteroatoms. The molecule has 2 fully saturated rings. The van der Waals surface area contributed by atoms with Crippen LogP contribution in [0.5, 0.6) is 0 Å². The van der Waals surface area contributed by atoms with Crippen molar-refractivity contribution in [3.05, 3.63) is 51.8 Å². The van der Waals surface area contributed by atoms with Crippen LogP contribution in [-0.4, -0.2) is 102 Å². The van der Waals surface area contributed by atoms with E-state index in [1.54, 1.807) is 23.1 Å². The number of benzene rings is 1. The number of amides is 2. The number of nitrogens with zero attached hydrogens (tertiary/aromatic N) is 4. The molecule has 0 bridgehead atoms. The Labute approximate surface area is 241 Å². The Kier molecular flexibility index (Phi) is 7.55. The van der Waals surface area contributed by atoms with Gasteiger partial charge in [-0.05, 0) is 31.2 Å². The van der Waals surface area contributed by atoms with Gasteiger partial charge in [0.2, 0.25) is 5.91 Å². The third kappa shape index (κ3) is 5.47. The Hall–Kier alpha value is -3.01. The smallest absolute Gasteiger partial charge is 0.310 e. The van der Waals surface area contributed by atoms with Gasteiger partial charge in [-0.15, -0.1) is 0 Å². The molecular weight excluding hydrogens is 576 g/mol. The van der Waals surface area contributed by atoms with Crippen LogP contribution in [0.3, 0.4) is 0 Å². The second-order valence-corrected chi connectivity index (χ2v) is 13.1. The number of carbonyl (C=O) groups excluding carboxylic acids is 2. The summed E-state index contributed by atoms with van der Waals surface area (Å²) in [6, 6.07) is 5.62. The minimum atomic E-state index is -3.98. The number of oxazole rings is 1. The number of morpholine rings is 1. The van der Waals surface area contributed by atoms with Crippen molar-refractivity contribution >= 4 is 44.3 Å². The first-order valence-electron chi connectivity index (χ1n) is 13.6. The number of aromatic nitrogens is 2. The van der Waals surface area contributed by atoms with Gasteiger partial charge in [-0.25, -0.2) is 13.4 Å². The van der Waals surface area contributed by atoms with E-state index in [9.17, 15) is 23.2 Å². The first-order chi connectivity index (χ1) is 19.6. The molecule has 6 rings (SSSR count). The Morgan fingerprint density at radius 2 is 1.98 bits per heavy atom. The molecule has 2 N–H and O–H groups in total. The molecular formula is C26H31ClN6O7S. The minimum absolute atomic E-state index is 0.00645. The average molecular weight is 607 g/mol. The Balaban J connectivity index is 1.27. The van der Waals surface area contributed by atoms with E-state index >= 15 is 0 Å². The van der Waals surface area contributed by atoms with Crippen molar-refractivity contribution in [1.29, 1.82) is 0 Å². The van der Waals surface area contributed by atoms with Gasteiger partial charge in [0, 0.05) is 61.5 Å². The number of hydroxylamine groups is 2. The van der Waals surface area contributed by atoms with E-state index < -0.39 is 22.0 Å². The lowest BCUT2D eigenvalue weighted by molar-refractivity contribution is -0.890. The molecule has 0 radical (unpaired) electrons. The highest BCUT2D eigenvalue weighted by molar-refractivity contribution is 7.89. The summed E-state index contributed by atoms with van der Waals surface area (Å²) in [5, 5.41) is 13.4. The highest BCUT2D eigenvalue weighted by Gasteiger charge is 2.41. The zero-order chi connectivity index (χ0) is 28.9. The van der Waals surface area contributed by atoms with E-state index in [1.165, 1.54) is 15.3 Å². The molecule has 3 unspecified atom stereocenters. The van der Waals surface area contributed by atoms with Crippen molar-refractivity contribution in [1.82, 2.24) is 24.1 Å². The minimum Gasteiger partial charge on any atom is -0.634 e. The summed E-state index contributed by atoms with van der Waals surface area (Å²) in [6.07, 6.45) is 0.321. The Morgan fingerprint density at radius 1 is 1.20 bits per heavy atom. The van der Waals surface area contributed by atoms with Gasteiger partial charge in [-0.3, -0.25) is 9.59 Å². The average Bonchev–Trinajstić information content (AvgIpc) is 3.57. The van der Waals surface area contributed by atoms with Crippen LogP contribution in [0.25, 0.3) is 10.9 Å². The van der Waals surface area contributed by atoms with E-state index in [4.69, 9.17) is 20.8 Å². The van der Waals surface area contributed by atoms with Crippen LogP contribution in [0.1, 0.15) is 35.5 Å². The molecule has 0 aliphatic carbocycles. The fourth-order valence-corrected chi connectivity index (χ4v) is 7.28. The molecule has 3 aliphatic rings. The van der Waals surface area contributed by atoms with Crippen molar-refractivity contribution in [2.45, 2.75) is 43.4 Å². The number of nitrogens with one attached hydrogen (secondary N) is 2. The molecule has 2 amide bonds. The number of carbonyl (C=O) groups is 2. The molecule has 5 heterocycles. The van der Waals surface area contributed by atoms with Gasteiger partial charge in [-0.2, -0.15) is 4.31 Å². The number of quaternary nitrogens is 1. The first-order valence-corrected chi connectivity index (χ1v) is 15.4.